The van der Waals surface area contributed by atoms with E-state index < -0.39 is 0 Å². The van der Waals surface area contributed by atoms with Crippen LogP contribution in [0.25, 0.3) is 10.9 Å². The Kier molecular flexibility index (Phi) is 5.51. The molecule has 2 N–H and O–H groups in total. The van der Waals surface area contributed by atoms with Gasteiger partial charge in [0.2, 0.25) is 0 Å². The molecule has 0 saturated carbocycles. The molecule has 0 aliphatic carbocycles. The normalized spacial score (nSPS) is 17.3. The van der Waals surface area contributed by atoms with Crippen molar-refractivity contribution in [2.24, 2.45) is 0 Å². The van der Waals surface area contributed by atoms with Crippen LogP contribution in [-0.2, 0) is 6.54 Å². The number of aromatic nitrogens is 1. The molecule has 5 heteroatoms. The maximum absolute atomic E-state index is 13.0. The molecule has 28 heavy (non-hydrogen) atoms. The highest BCUT2D eigenvalue weighted by atomic mass is 16.5. The third-order valence-corrected chi connectivity index (χ3v) is 5.53. The average Bonchev–Trinajstić information content (AvgIpc) is 2.99. The number of urea groups is 1. The van der Waals surface area contributed by atoms with E-state index in [1.807, 2.05) is 29.2 Å². The highest BCUT2D eigenvalue weighted by Gasteiger charge is 2.26. The lowest BCUT2D eigenvalue weighted by Crippen LogP contribution is -2.42. The van der Waals surface area contributed by atoms with Crippen molar-refractivity contribution in [3.8, 4) is 5.75 Å². The van der Waals surface area contributed by atoms with Gasteiger partial charge in [0.25, 0.3) is 0 Å². The number of nitrogens with one attached hydrogen (secondary N) is 2. The molecule has 1 aromatic heterocycles. The molecule has 4 rings (SSSR count). The Balaban J connectivity index is 1.47. The number of hydrogen-bond donors (Lipinski definition) is 2. The third kappa shape index (κ3) is 3.98. The first-order valence-electron chi connectivity index (χ1n) is 9.99. The van der Waals surface area contributed by atoms with Gasteiger partial charge in [0.05, 0.1) is 19.7 Å². The van der Waals surface area contributed by atoms with E-state index in [0.717, 1.165) is 48.2 Å². The predicted molar refractivity (Wildman–Crippen MR) is 111 cm³/mol. The molecule has 3 aromatic rings. The van der Waals surface area contributed by atoms with Crippen LogP contribution in [0.1, 0.15) is 43.0 Å². The van der Waals surface area contributed by atoms with Crippen molar-refractivity contribution in [1.82, 2.24) is 15.2 Å². The van der Waals surface area contributed by atoms with E-state index in [2.05, 4.69) is 40.6 Å². The Bertz CT molecular complexity index is 899. The number of aromatic amines is 1. The summed E-state index contributed by atoms with van der Waals surface area (Å²) in [5, 5.41) is 4.28. The molecule has 1 saturated heterocycles. The zero-order chi connectivity index (χ0) is 19.3. The topological polar surface area (TPSA) is 57.4 Å². The number of carbonyl (C=O) groups is 1. The fourth-order valence-electron chi connectivity index (χ4n) is 4.03. The Labute approximate surface area is 165 Å². The van der Waals surface area contributed by atoms with E-state index in [1.165, 1.54) is 12.0 Å². The summed E-state index contributed by atoms with van der Waals surface area (Å²) in [7, 11) is 1.67. The fourth-order valence-corrected chi connectivity index (χ4v) is 4.03. The van der Waals surface area contributed by atoms with Gasteiger partial charge >= 0.3 is 6.03 Å². The molecule has 0 unspecified atom stereocenters. The van der Waals surface area contributed by atoms with Crippen LogP contribution in [0.2, 0.25) is 0 Å². The summed E-state index contributed by atoms with van der Waals surface area (Å²) in [6, 6.07) is 18.5. The highest BCUT2D eigenvalue weighted by molar-refractivity contribution is 5.80. The van der Waals surface area contributed by atoms with Crippen LogP contribution in [0.3, 0.4) is 0 Å². The zero-order valence-corrected chi connectivity index (χ0v) is 16.3. The quantitative estimate of drug-likeness (QED) is 0.672. The summed E-state index contributed by atoms with van der Waals surface area (Å²) in [4.78, 5) is 18.4. The lowest BCUT2D eigenvalue weighted by Gasteiger charge is -2.30. The Hall–Kier alpha value is -2.95. The van der Waals surface area contributed by atoms with Crippen LogP contribution in [0.4, 0.5) is 4.79 Å². The molecule has 1 aliphatic rings. The van der Waals surface area contributed by atoms with Gasteiger partial charge in [-0.25, -0.2) is 4.79 Å². The number of likely N-dealkylation sites (tertiary alicyclic amines) is 1. The molecule has 2 heterocycles. The molecule has 1 atom stereocenters. The molecule has 1 fully saturated rings. The summed E-state index contributed by atoms with van der Waals surface area (Å²) in [5.41, 5.74) is 3.28. The van der Waals surface area contributed by atoms with Gasteiger partial charge < -0.3 is 19.9 Å². The lowest BCUT2D eigenvalue weighted by atomic mass is 10.0. The molecule has 146 valence electrons. The summed E-state index contributed by atoms with van der Waals surface area (Å²) in [5.74, 6) is 0.840. The zero-order valence-electron chi connectivity index (χ0n) is 16.3. The van der Waals surface area contributed by atoms with Crippen LogP contribution in [0.5, 0.6) is 5.75 Å². The van der Waals surface area contributed by atoms with E-state index in [1.54, 1.807) is 7.11 Å². The number of nitrogens with zero attached hydrogens (tertiary/aromatic N) is 1. The van der Waals surface area contributed by atoms with Crippen molar-refractivity contribution in [2.45, 2.75) is 38.3 Å². The van der Waals surface area contributed by atoms with Crippen LogP contribution < -0.4 is 10.1 Å². The number of amides is 2. The van der Waals surface area contributed by atoms with Gasteiger partial charge in [-0.15, -0.1) is 0 Å². The van der Waals surface area contributed by atoms with Crippen molar-refractivity contribution in [1.29, 1.82) is 0 Å². The molecule has 5 nitrogen and oxygen atoms in total. The number of para-hydroxylation sites is 1. The van der Waals surface area contributed by atoms with E-state index in [-0.39, 0.29) is 12.1 Å². The molecule has 0 bridgehead atoms. The average molecular weight is 377 g/mol. The van der Waals surface area contributed by atoms with E-state index in [0.29, 0.717) is 6.54 Å². The number of fused-ring (bicyclic) bond motifs is 1. The van der Waals surface area contributed by atoms with Gasteiger partial charge in [-0.1, -0.05) is 43.2 Å². The smallest absolute Gasteiger partial charge is 0.318 e. The first-order valence-corrected chi connectivity index (χ1v) is 9.99. The van der Waals surface area contributed by atoms with E-state index >= 15 is 0 Å². The third-order valence-electron chi connectivity index (χ3n) is 5.53. The van der Waals surface area contributed by atoms with Gasteiger partial charge in [-0.05, 0) is 48.1 Å². The molecule has 2 amide bonds. The molecule has 0 radical (unpaired) electrons. The maximum Gasteiger partial charge on any atom is 0.318 e. The van der Waals surface area contributed by atoms with Crippen molar-refractivity contribution in [3.63, 3.8) is 0 Å². The minimum absolute atomic E-state index is 0.00127. The second kappa shape index (κ2) is 8.38. The van der Waals surface area contributed by atoms with Crippen LogP contribution >= 0.6 is 0 Å². The molecular weight excluding hydrogens is 350 g/mol. The van der Waals surface area contributed by atoms with Gasteiger partial charge in [-0.2, -0.15) is 0 Å². The number of benzene rings is 2. The number of methoxy groups -OCH3 is 1. The van der Waals surface area contributed by atoms with Gasteiger partial charge in [0, 0.05) is 17.8 Å². The van der Waals surface area contributed by atoms with Gasteiger partial charge in [-0.3, -0.25) is 0 Å². The SMILES string of the molecule is COc1ccc([C@H]2CCCCCN2C(=O)NCc2cc3ccccc3[nH]2)cc1. The summed E-state index contributed by atoms with van der Waals surface area (Å²) in [6.45, 7) is 1.29. The Morgan fingerprint density at radius 1 is 1.14 bits per heavy atom. The highest BCUT2D eigenvalue weighted by Crippen LogP contribution is 2.31. The minimum Gasteiger partial charge on any atom is -0.497 e. The largest absolute Gasteiger partial charge is 0.497 e. The van der Waals surface area contributed by atoms with Crippen LogP contribution in [0.15, 0.2) is 54.6 Å². The number of rotatable bonds is 4. The summed E-state index contributed by atoms with van der Waals surface area (Å²) >= 11 is 0. The monoisotopic (exact) mass is 377 g/mol. The van der Waals surface area contributed by atoms with Crippen molar-refractivity contribution in [3.05, 3.63) is 65.9 Å². The first kappa shape index (κ1) is 18.4. The van der Waals surface area contributed by atoms with Crippen molar-refractivity contribution < 1.29 is 9.53 Å². The molecule has 1 aliphatic heterocycles. The predicted octanol–water partition coefficient (Wildman–Crippen LogP) is 5.00. The first-order chi connectivity index (χ1) is 13.7. The summed E-state index contributed by atoms with van der Waals surface area (Å²) in [6.07, 6.45) is 4.35. The van der Waals surface area contributed by atoms with Gasteiger partial charge in [0.1, 0.15) is 5.75 Å². The molecule has 0 spiro atoms. The van der Waals surface area contributed by atoms with E-state index in [4.69, 9.17) is 4.74 Å². The van der Waals surface area contributed by atoms with Crippen molar-refractivity contribution >= 4 is 16.9 Å². The standard InChI is InChI=1S/C23H27N3O2/c1-28-20-12-10-17(11-13-20)22-9-3-2-6-14-26(22)23(27)24-16-19-15-18-7-4-5-8-21(18)25-19/h4-5,7-8,10-13,15,22,25H,2-3,6,9,14,16H2,1H3,(H,24,27)/t22-/m1/s1. The number of ether oxygens (including phenoxy) is 1. The minimum atomic E-state index is 0.00127. The number of H-pyrrole nitrogens is 1. The maximum atomic E-state index is 13.0. The fraction of sp³-hybridized carbons (Fsp3) is 0.348. The van der Waals surface area contributed by atoms with Crippen LogP contribution in [-0.4, -0.2) is 29.6 Å². The lowest BCUT2D eigenvalue weighted by molar-refractivity contribution is 0.175. The van der Waals surface area contributed by atoms with E-state index in [9.17, 15) is 4.79 Å². The Morgan fingerprint density at radius 3 is 2.75 bits per heavy atom. The summed E-state index contributed by atoms with van der Waals surface area (Å²) < 4.78 is 5.27. The number of carbonyl (C=O) groups excluding carboxylic acids is 1. The second-order valence-corrected chi connectivity index (χ2v) is 7.37. The Morgan fingerprint density at radius 2 is 1.96 bits per heavy atom. The van der Waals surface area contributed by atoms with Gasteiger partial charge in [0.15, 0.2) is 0 Å². The second-order valence-electron chi connectivity index (χ2n) is 7.37. The molecular formula is C23H27N3O2. The molecule has 2 aromatic carbocycles. The van der Waals surface area contributed by atoms with Crippen molar-refractivity contribution in [2.75, 3.05) is 13.7 Å². The number of hydrogen-bond acceptors (Lipinski definition) is 2. The van der Waals surface area contributed by atoms with Crippen LogP contribution in [0, 0.1) is 0 Å².